The predicted molar refractivity (Wildman–Crippen MR) is 96.1 cm³/mol. The Balaban J connectivity index is 1.48. The molecule has 0 fully saturated rings. The van der Waals surface area contributed by atoms with Gasteiger partial charge < -0.3 is 9.09 Å². The molecule has 25 heavy (non-hydrogen) atoms. The smallest absolute Gasteiger partial charge is 0.258 e. The van der Waals surface area contributed by atoms with Gasteiger partial charge in [0.15, 0.2) is 16.8 Å². The summed E-state index contributed by atoms with van der Waals surface area (Å²) in [5.41, 5.74) is 1.78. The van der Waals surface area contributed by atoms with E-state index in [4.69, 9.17) is 4.52 Å². The Hall–Kier alpha value is -2.52. The average Bonchev–Trinajstić information content (AvgIpc) is 3.34. The molecule has 0 aliphatic rings. The summed E-state index contributed by atoms with van der Waals surface area (Å²) in [4.78, 5) is 9.71. The summed E-state index contributed by atoms with van der Waals surface area (Å²) in [6.07, 6.45) is 1.73. The summed E-state index contributed by atoms with van der Waals surface area (Å²) in [5.74, 6) is 2.54. The molecule has 0 N–H and O–H groups in total. The largest absolute Gasteiger partial charge is 0.334 e. The summed E-state index contributed by atoms with van der Waals surface area (Å²) in [6.45, 7) is 1.93. The molecule has 0 atom stereocenters. The molecule has 0 spiro atoms. The summed E-state index contributed by atoms with van der Waals surface area (Å²) < 4.78 is 7.32. The van der Waals surface area contributed by atoms with Gasteiger partial charge in [-0.2, -0.15) is 4.98 Å². The first kappa shape index (κ1) is 16.0. The van der Waals surface area contributed by atoms with Gasteiger partial charge in [0.05, 0.1) is 10.6 Å². The Morgan fingerprint density at radius 1 is 1.28 bits per heavy atom. The van der Waals surface area contributed by atoms with Crippen LogP contribution in [0, 0.1) is 6.92 Å². The minimum Gasteiger partial charge on any atom is -0.334 e. The molecule has 126 valence electrons. The van der Waals surface area contributed by atoms with E-state index in [0.29, 0.717) is 17.5 Å². The number of thioether (sulfide) groups is 1. The standard InChI is InChI=1S/C16H14N6OS2/c1-10-8-11(5-6-17-10)15-18-13(21-23-15)9-25-16-20-19-14(22(16)2)12-4-3-7-24-12/h3-8H,9H2,1-2H3. The lowest BCUT2D eigenvalue weighted by Crippen LogP contribution is -1.94. The van der Waals surface area contributed by atoms with Gasteiger partial charge in [-0.3, -0.25) is 4.98 Å². The van der Waals surface area contributed by atoms with E-state index in [1.807, 2.05) is 48.2 Å². The summed E-state index contributed by atoms with van der Waals surface area (Å²) >= 11 is 3.17. The summed E-state index contributed by atoms with van der Waals surface area (Å²) in [5, 5.41) is 15.4. The third kappa shape index (κ3) is 3.33. The van der Waals surface area contributed by atoms with Gasteiger partial charge in [0.1, 0.15) is 0 Å². The highest BCUT2D eigenvalue weighted by atomic mass is 32.2. The van der Waals surface area contributed by atoms with Gasteiger partial charge in [-0.05, 0) is 30.5 Å². The Morgan fingerprint density at radius 3 is 3.00 bits per heavy atom. The van der Waals surface area contributed by atoms with Crippen LogP contribution in [0.2, 0.25) is 0 Å². The van der Waals surface area contributed by atoms with Crippen LogP contribution in [0.4, 0.5) is 0 Å². The van der Waals surface area contributed by atoms with Gasteiger partial charge in [-0.15, -0.1) is 21.5 Å². The summed E-state index contributed by atoms with van der Waals surface area (Å²) in [7, 11) is 1.96. The lowest BCUT2D eigenvalue weighted by molar-refractivity contribution is 0.425. The monoisotopic (exact) mass is 370 g/mol. The van der Waals surface area contributed by atoms with Gasteiger partial charge in [0.25, 0.3) is 5.89 Å². The molecular weight excluding hydrogens is 356 g/mol. The fourth-order valence-electron chi connectivity index (χ4n) is 2.30. The van der Waals surface area contributed by atoms with E-state index >= 15 is 0 Å². The second-order valence-corrected chi connectivity index (χ2v) is 7.22. The molecule has 4 heterocycles. The molecule has 0 aromatic carbocycles. The number of thiophene rings is 1. The van der Waals surface area contributed by atoms with Crippen LogP contribution >= 0.6 is 23.1 Å². The molecule has 0 amide bonds. The summed E-state index contributed by atoms with van der Waals surface area (Å²) in [6, 6.07) is 7.81. The van der Waals surface area contributed by atoms with Gasteiger partial charge in [-0.25, -0.2) is 0 Å². The van der Waals surface area contributed by atoms with Crippen LogP contribution in [-0.4, -0.2) is 29.9 Å². The molecule has 4 aromatic heterocycles. The maximum Gasteiger partial charge on any atom is 0.258 e. The van der Waals surface area contributed by atoms with Crippen molar-refractivity contribution in [1.82, 2.24) is 29.9 Å². The van der Waals surface area contributed by atoms with Crippen LogP contribution in [0.15, 0.2) is 45.5 Å². The van der Waals surface area contributed by atoms with Crippen molar-refractivity contribution in [2.75, 3.05) is 0 Å². The first-order chi connectivity index (χ1) is 12.2. The van der Waals surface area contributed by atoms with Crippen LogP contribution in [0.25, 0.3) is 22.2 Å². The molecule has 7 nitrogen and oxygen atoms in total. The molecule has 9 heteroatoms. The van der Waals surface area contributed by atoms with E-state index < -0.39 is 0 Å². The molecular formula is C16H14N6OS2. The number of nitrogens with zero attached hydrogens (tertiary/aromatic N) is 6. The van der Waals surface area contributed by atoms with Crippen molar-refractivity contribution in [3.05, 3.63) is 47.4 Å². The Kier molecular flexibility index (Phi) is 4.33. The third-order valence-corrected chi connectivity index (χ3v) is 5.40. The fraction of sp³-hybridized carbons (Fsp3) is 0.188. The molecule has 0 aliphatic heterocycles. The van der Waals surface area contributed by atoms with Gasteiger partial charge in [-0.1, -0.05) is 23.0 Å². The third-order valence-electron chi connectivity index (χ3n) is 3.52. The van der Waals surface area contributed by atoms with E-state index in [2.05, 4.69) is 25.3 Å². The number of hydrogen-bond acceptors (Lipinski definition) is 8. The average molecular weight is 370 g/mol. The maximum absolute atomic E-state index is 5.35. The number of hydrogen-bond donors (Lipinski definition) is 0. The van der Waals surface area contributed by atoms with Crippen molar-refractivity contribution in [2.45, 2.75) is 17.8 Å². The zero-order valence-electron chi connectivity index (χ0n) is 13.6. The Bertz CT molecular complexity index is 992. The van der Waals surface area contributed by atoms with E-state index in [0.717, 1.165) is 27.1 Å². The topological polar surface area (TPSA) is 82.5 Å². The molecule has 4 rings (SSSR count). The highest BCUT2D eigenvalue weighted by Gasteiger charge is 2.14. The van der Waals surface area contributed by atoms with Gasteiger partial charge >= 0.3 is 0 Å². The van der Waals surface area contributed by atoms with Crippen LogP contribution in [0.1, 0.15) is 11.5 Å². The van der Waals surface area contributed by atoms with E-state index in [9.17, 15) is 0 Å². The zero-order chi connectivity index (χ0) is 17.2. The maximum atomic E-state index is 5.35. The van der Waals surface area contributed by atoms with Crippen LogP contribution in [0.5, 0.6) is 0 Å². The minimum absolute atomic E-state index is 0.498. The SMILES string of the molecule is Cc1cc(-c2nc(CSc3nnc(-c4cccs4)n3C)no2)ccn1. The zero-order valence-corrected chi connectivity index (χ0v) is 15.2. The molecule has 4 aromatic rings. The lowest BCUT2D eigenvalue weighted by atomic mass is 10.2. The van der Waals surface area contributed by atoms with E-state index in [1.54, 1.807) is 17.5 Å². The molecule has 0 radical (unpaired) electrons. The minimum atomic E-state index is 0.498. The predicted octanol–water partition coefficient (Wildman–Crippen LogP) is 3.59. The van der Waals surface area contributed by atoms with Crippen molar-refractivity contribution in [3.8, 4) is 22.2 Å². The second kappa shape index (κ2) is 6.77. The Morgan fingerprint density at radius 2 is 2.20 bits per heavy atom. The number of pyridine rings is 1. The van der Waals surface area contributed by atoms with E-state index in [-0.39, 0.29) is 0 Å². The lowest BCUT2D eigenvalue weighted by Gasteiger charge is -2.00. The quantitative estimate of drug-likeness (QED) is 0.496. The first-order valence-electron chi connectivity index (χ1n) is 7.52. The number of aryl methyl sites for hydroxylation is 1. The molecule has 0 saturated heterocycles. The second-order valence-electron chi connectivity index (χ2n) is 5.33. The van der Waals surface area contributed by atoms with Crippen molar-refractivity contribution >= 4 is 23.1 Å². The molecule has 0 aliphatic carbocycles. The number of aromatic nitrogens is 6. The van der Waals surface area contributed by atoms with Gasteiger partial charge in [0.2, 0.25) is 0 Å². The molecule has 0 bridgehead atoms. The van der Waals surface area contributed by atoms with Crippen LogP contribution in [-0.2, 0) is 12.8 Å². The highest BCUT2D eigenvalue weighted by molar-refractivity contribution is 7.98. The van der Waals surface area contributed by atoms with Crippen LogP contribution in [0.3, 0.4) is 0 Å². The molecule has 0 unspecified atom stereocenters. The highest BCUT2D eigenvalue weighted by Crippen LogP contribution is 2.27. The van der Waals surface area contributed by atoms with E-state index in [1.165, 1.54) is 11.8 Å². The van der Waals surface area contributed by atoms with Gasteiger partial charge in [0, 0.05) is 24.5 Å². The number of rotatable bonds is 5. The van der Waals surface area contributed by atoms with Crippen molar-refractivity contribution in [1.29, 1.82) is 0 Å². The van der Waals surface area contributed by atoms with Crippen molar-refractivity contribution in [3.63, 3.8) is 0 Å². The van der Waals surface area contributed by atoms with Crippen molar-refractivity contribution < 1.29 is 4.52 Å². The van der Waals surface area contributed by atoms with Crippen molar-refractivity contribution in [2.24, 2.45) is 7.05 Å². The normalized spacial score (nSPS) is 11.1. The van der Waals surface area contributed by atoms with Crippen LogP contribution < -0.4 is 0 Å². The molecule has 0 saturated carbocycles. The first-order valence-corrected chi connectivity index (χ1v) is 9.39. The fourth-order valence-corrected chi connectivity index (χ4v) is 3.80. The Labute approximate surface area is 152 Å².